The van der Waals surface area contributed by atoms with Gasteiger partial charge in [0.25, 0.3) is 5.56 Å². The molecule has 0 saturated heterocycles. The predicted octanol–water partition coefficient (Wildman–Crippen LogP) is 6.02. The lowest BCUT2D eigenvalue weighted by molar-refractivity contribution is 0.326. The van der Waals surface area contributed by atoms with Gasteiger partial charge in [0.2, 0.25) is 5.75 Å². The van der Waals surface area contributed by atoms with Crippen molar-refractivity contribution in [1.82, 2.24) is 9.55 Å². The normalized spacial score (nSPS) is 10.9. The van der Waals surface area contributed by atoms with E-state index in [0.717, 1.165) is 5.56 Å². The predicted molar refractivity (Wildman–Crippen MR) is 140 cm³/mol. The summed E-state index contributed by atoms with van der Waals surface area (Å²) in [4.78, 5) is 18.7. The first-order valence-corrected chi connectivity index (χ1v) is 12.1. The molecule has 0 saturated carbocycles. The van der Waals surface area contributed by atoms with E-state index in [1.165, 1.54) is 33.1 Å². The average molecular weight is 533 g/mol. The zero-order chi connectivity index (χ0) is 25.1. The van der Waals surface area contributed by atoms with Gasteiger partial charge in [-0.3, -0.25) is 9.36 Å². The Morgan fingerprint density at radius 3 is 2.17 bits per heavy atom. The van der Waals surface area contributed by atoms with Crippen molar-refractivity contribution in [1.29, 1.82) is 0 Å². The Labute approximate surface area is 216 Å². The zero-order valence-electron chi connectivity index (χ0n) is 19.4. The SMILES string of the molecule is COc1ccc(-n2c(SCc3ccc(Cl)c(Cl)c3)nc3c(OC)c(OC)c(OC)cc3c2=O)cc1. The minimum absolute atomic E-state index is 0.281. The molecule has 182 valence electrons. The molecule has 0 aliphatic rings. The lowest BCUT2D eigenvalue weighted by Crippen LogP contribution is -2.22. The summed E-state index contributed by atoms with van der Waals surface area (Å²) >= 11 is 13.6. The lowest BCUT2D eigenvalue weighted by atomic mass is 10.2. The van der Waals surface area contributed by atoms with Gasteiger partial charge in [-0.1, -0.05) is 41.0 Å². The fourth-order valence-corrected chi connectivity index (χ4v) is 4.87. The molecule has 0 unspecified atom stereocenters. The van der Waals surface area contributed by atoms with E-state index in [4.69, 9.17) is 47.1 Å². The summed E-state index contributed by atoms with van der Waals surface area (Å²) in [7, 11) is 6.09. The number of benzene rings is 3. The smallest absolute Gasteiger partial charge is 0.266 e. The molecule has 1 heterocycles. The summed E-state index contributed by atoms with van der Waals surface area (Å²) in [5.74, 6) is 2.22. The number of methoxy groups -OCH3 is 4. The Morgan fingerprint density at radius 1 is 0.857 bits per heavy atom. The van der Waals surface area contributed by atoms with E-state index in [1.54, 1.807) is 54.1 Å². The van der Waals surface area contributed by atoms with Crippen LogP contribution in [0.5, 0.6) is 23.0 Å². The fourth-order valence-electron chi connectivity index (χ4n) is 3.60. The van der Waals surface area contributed by atoms with Gasteiger partial charge in [-0.15, -0.1) is 0 Å². The molecular weight excluding hydrogens is 511 g/mol. The topological polar surface area (TPSA) is 71.8 Å². The fraction of sp³-hybridized carbons (Fsp3) is 0.200. The molecule has 4 rings (SSSR count). The van der Waals surface area contributed by atoms with Crippen molar-refractivity contribution in [3.63, 3.8) is 0 Å². The van der Waals surface area contributed by atoms with Crippen LogP contribution in [0.2, 0.25) is 10.0 Å². The first-order chi connectivity index (χ1) is 16.9. The summed E-state index contributed by atoms with van der Waals surface area (Å²) < 4.78 is 23.4. The van der Waals surface area contributed by atoms with E-state index in [9.17, 15) is 4.79 Å². The van der Waals surface area contributed by atoms with E-state index < -0.39 is 0 Å². The molecule has 0 N–H and O–H groups in total. The molecule has 7 nitrogen and oxygen atoms in total. The molecule has 10 heteroatoms. The van der Waals surface area contributed by atoms with E-state index in [-0.39, 0.29) is 5.56 Å². The van der Waals surface area contributed by atoms with Crippen LogP contribution in [-0.4, -0.2) is 38.0 Å². The Balaban J connectivity index is 1.94. The van der Waals surface area contributed by atoms with Gasteiger partial charge in [0.15, 0.2) is 16.7 Å². The van der Waals surface area contributed by atoms with Crippen LogP contribution in [0.15, 0.2) is 58.5 Å². The number of nitrogens with zero attached hydrogens (tertiary/aromatic N) is 2. The van der Waals surface area contributed by atoms with Gasteiger partial charge in [0.1, 0.15) is 11.3 Å². The summed E-state index contributed by atoms with van der Waals surface area (Å²) in [6.45, 7) is 0. The number of ether oxygens (including phenoxy) is 4. The minimum atomic E-state index is -0.281. The van der Waals surface area contributed by atoms with Crippen molar-refractivity contribution in [2.45, 2.75) is 10.9 Å². The average Bonchev–Trinajstić information content (AvgIpc) is 2.88. The van der Waals surface area contributed by atoms with Gasteiger partial charge in [-0.05, 0) is 48.0 Å². The highest BCUT2D eigenvalue weighted by Crippen LogP contribution is 2.42. The third-order valence-electron chi connectivity index (χ3n) is 5.32. The van der Waals surface area contributed by atoms with Gasteiger partial charge in [0.05, 0.1) is 49.6 Å². The van der Waals surface area contributed by atoms with E-state index in [1.807, 2.05) is 6.07 Å². The highest BCUT2D eigenvalue weighted by molar-refractivity contribution is 7.98. The van der Waals surface area contributed by atoms with Crippen LogP contribution < -0.4 is 24.5 Å². The van der Waals surface area contributed by atoms with Crippen molar-refractivity contribution < 1.29 is 18.9 Å². The maximum absolute atomic E-state index is 13.8. The van der Waals surface area contributed by atoms with Gasteiger partial charge in [0, 0.05) is 5.75 Å². The van der Waals surface area contributed by atoms with Crippen molar-refractivity contribution in [3.8, 4) is 28.7 Å². The summed E-state index contributed by atoms with van der Waals surface area (Å²) in [5.41, 5.74) is 1.66. The van der Waals surface area contributed by atoms with Crippen LogP contribution in [0.3, 0.4) is 0 Å². The number of thioether (sulfide) groups is 1. The lowest BCUT2D eigenvalue weighted by Gasteiger charge is -2.17. The van der Waals surface area contributed by atoms with Crippen molar-refractivity contribution >= 4 is 45.9 Å². The van der Waals surface area contributed by atoms with Gasteiger partial charge in [-0.2, -0.15) is 0 Å². The highest BCUT2D eigenvalue weighted by Gasteiger charge is 2.22. The highest BCUT2D eigenvalue weighted by atomic mass is 35.5. The Morgan fingerprint density at radius 2 is 1.57 bits per heavy atom. The van der Waals surface area contributed by atoms with Gasteiger partial charge in [-0.25, -0.2) is 4.98 Å². The van der Waals surface area contributed by atoms with Crippen molar-refractivity contribution in [2.75, 3.05) is 28.4 Å². The molecule has 3 aromatic carbocycles. The quantitative estimate of drug-likeness (QED) is 0.203. The standard InChI is InChI=1S/C25H22Cl2N2O5S/c1-31-16-8-6-15(7-9-16)29-24(30)17-12-20(32-2)22(33-3)23(34-4)21(17)28-25(29)35-13-14-5-10-18(26)19(27)11-14/h5-12H,13H2,1-4H3. The van der Waals surface area contributed by atoms with Crippen molar-refractivity contribution in [3.05, 3.63) is 74.5 Å². The van der Waals surface area contributed by atoms with Crippen LogP contribution in [0, 0.1) is 0 Å². The molecule has 0 amide bonds. The number of hydrogen-bond donors (Lipinski definition) is 0. The molecular formula is C25H22Cl2N2O5S. The van der Waals surface area contributed by atoms with Crippen LogP contribution in [-0.2, 0) is 5.75 Å². The monoisotopic (exact) mass is 532 g/mol. The van der Waals surface area contributed by atoms with Gasteiger partial charge >= 0.3 is 0 Å². The van der Waals surface area contributed by atoms with Crippen molar-refractivity contribution in [2.24, 2.45) is 0 Å². The molecule has 35 heavy (non-hydrogen) atoms. The second-order valence-corrected chi connectivity index (χ2v) is 9.07. The number of rotatable bonds is 8. The van der Waals surface area contributed by atoms with Crippen LogP contribution in [0.1, 0.15) is 5.56 Å². The zero-order valence-corrected chi connectivity index (χ0v) is 21.8. The number of hydrogen-bond acceptors (Lipinski definition) is 7. The first-order valence-electron chi connectivity index (χ1n) is 10.4. The number of fused-ring (bicyclic) bond motifs is 1. The van der Waals surface area contributed by atoms with Crippen LogP contribution in [0.25, 0.3) is 16.6 Å². The van der Waals surface area contributed by atoms with E-state index in [2.05, 4.69) is 0 Å². The largest absolute Gasteiger partial charge is 0.497 e. The first kappa shape index (κ1) is 25.0. The Kier molecular flexibility index (Phi) is 7.64. The minimum Gasteiger partial charge on any atom is -0.497 e. The van der Waals surface area contributed by atoms with E-state index in [0.29, 0.717) is 60.5 Å². The summed E-state index contributed by atoms with van der Waals surface area (Å²) in [6.07, 6.45) is 0. The second-order valence-electron chi connectivity index (χ2n) is 7.31. The second kappa shape index (κ2) is 10.7. The molecule has 0 radical (unpaired) electrons. The van der Waals surface area contributed by atoms with Gasteiger partial charge < -0.3 is 18.9 Å². The Bertz CT molecular complexity index is 1440. The molecule has 0 atom stereocenters. The third kappa shape index (κ3) is 4.87. The summed E-state index contributed by atoms with van der Waals surface area (Å²) in [6, 6.07) is 14.2. The molecule has 0 spiro atoms. The third-order valence-corrected chi connectivity index (χ3v) is 7.07. The van der Waals surface area contributed by atoms with E-state index >= 15 is 0 Å². The van der Waals surface area contributed by atoms with Crippen LogP contribution in [0.4, 0.5) is 0 Å². The number of halogens is 2. The van der Waals surface area contributed by atoms with Crippen LogP contribution >= 0.6 is 35.0 Å². The molecule has 0 fully saturated rings. The molecule has 0 bridgehead atoms. The maximum Gasteiger partial charge on any atom is 0.266 e. The molecule has 4 aromatic rings. The molecule has 0 aliphatic carbocycles. The summed E-state index contributed by atoms with van der Waals surface area (Å²) in [5, 5.41) is 1.73. The molecule has 0 aliphatic heterocycles. The molecule has 1 aromatic heterocycles. The Hall–Kier alpha value is -3.07. The maximum atomic E-state index is 13.8. The number of aromatic nitrogens is 2.